The lowest BCUT2D eigenvalue weighted by Gasteiger charge is -2.10. The molecule has 3 aromatic rings. The van der Waals surface area contributed by atoms with Crippen LogP contribution in [0.15, 0.2) is 44.3 Å². The highest BCUT2D eigenvalue weighted by atomic mass is 16.5. The molecule has 22 heavy (non-hydrogen) atoms. The van der Waals surface area contributed by atoms with Gasteiger partial charge in [0.1, 0.15) is 5.58 Å². The zero-order chi connectivity index (χ0) is 15.9. The molecule has 0 bridgehead atoms. The summed E-state index contributed by atoms with van der Waals surface area (Å²) in [5.74, 6) is -0.715. The first kappa shape index (κ1) is 14.1. The van der Waals surface area contributed by atoms with Gasteiger partial charge in [-0.15, -0.1) is 0 Å². The van der Waals surface area contributed by atoms with E-state index in [2.05, 4.69) is 0 Å². The Bertz CT molecular complexity index is 1010. The molecule has 0 amide bonds. The minimum atomic E-state index is -0.715. The predicted molar refractivity (Wildman–Crippen MR) is 81.2 cm³/mol. The Balaban J connectivity index is 2.58. The van der Waals surface area contributed by atoms with Gasteiger partial charge in [0.05, 0.1) is 23.1 Å². The van der Waals surface area contributed by atoms with Crippen LogP contribution in [0.1, 0.15) is 17.3 Å². The molecule has 2 heterocycles. The van der Waals surface area contributed by atoms with E-state index in [1.165, 1.54) is 4.57 Å². The molecule has 0 fully saturated rings. The molecule has 2 aromatic heterocycles. The minimum Gasteiger partial charge on any atom is -0.462 e. The van der Waals surface area contributed by atoms with Crippen LogP contribution in [0.2, 0.25) is 0 Å². The molecule has 0 radical (unpaired) electrons. The summed E-state index contributed by atoms with van der Waals surface area (Å²) in [6.45, 7) is 1.80. The number of hydrogen-bond donors (Lipinski definition) is 0. The number of esters is 1. The van der Waals surface area contributed by atoms with Gasteiger partial charge in [0.15, 0.2) is 0 Å². The lowest BCUT2D eigenvalue weighted by molar-refractivity contribution is 0.0528. The maximum absolute atomic E-state index is 12.3. The highest BCUT2D eigenvalue weighted by Crippen LogP contribution is 2.23. The molecular weight excluding hydrogens is 286 g/mol. The third-order valence-corrected chi connectivity index (χ3v) is 3.48. The molecule has 0 aliphatic heterocycles. The normalized spacial score (nSPS) is 11.0. The number of carbonyl (C=O) groups is 1. The largest absolute Gasteiger partial charge is 0.462 e. The second-order valence-electron chi connectivity index (χ2n) is 4.79. The first-order chi connectivity index (χ1) is 10.5. The average molecular weight is 299 g/mol. The molecule has 0 saturated heterocycles. The van der Waals surface area contributed by atoms with Crippen LogP contribution in [0.25, 0.3) is 21.9 Å². The zero-order valence-corrected chi connectivity index (χ0v) is 12.1. The molecule has 0 atom stereocenters. The fourth-order valence-electron chi connectivity index (χ4n) is 2.49. The van der Waals surface area contributed by atoms with Crippen molar-refractivity contribution < 1.29 is 13.9 Å². The van der Waals surface area contributed by atoms with Gasteiger partial charge in [-0.25, -0.2) is 9.59 Å². The fourth-order valence-corrected chi connectivity index (χ4v) is 2.49. The van der Waals surface area contributed by atoms with Crippen molar-refractivity contribution in [2.24, 2.45) is 7.05 Å². The summed E-state index contributed by atoms with van der Waals surface area (Å²) < 4.78 is 11.5. The van der Waals surface area contributed by atoms with Crippen molar-refractivity contribution in [1.82, 2.24) is 4.57 Å². The molecule has 3 rings (SSSR count). The van der Waals surface area contributed by atoms with Crippen LogP contribution < -0.4 is 11.2 Å². The van der Waals surface area contributed by atoms with Gasteiger partial charge in [0, 0.05) is 18.5 Å². The molecule has 112 valence electrons. The van der Waals surface area contributed by atoms with Crippen LogP contribution in [0.4, 0.5) is 0 Å². The first-order valence-electron chi connectivity index (χ1n) is 6.77. The summed E-state index contributed by atoms with van der Waals surface area (Å²) in [6.07, 6.45) is 0. The highest BCUT2D eigenvalue weighted by molar-refractivity contribution is 6.10. The molecule has 0 unspecified atom stereocenters. The van der Waals surface area contributed by atoms with E-state index in [9.17, 15) is 14.4 Å². The van der Waals surface area contributed by atoms with Crippen LogP contribution >= 0.6 is 0 Å². The lowest BCUT2D eigenvalue weighted by atomic mass is 10.1. The van der Waals surface area contributed by atoms with Crippen molar-refractivity contribution in [3.05, 3.63) is 56.7 Å². The number of aryl methyl sites for hydroxylation is 1. The van der Waals surface area contributed by atoms with E-state index in [1.54, 1.807) is 38.2 Å². The number of benzene rings is 1. The molecule has 0 aliphatic rings. The summed E-state index contributed by atoms with van der Waals surface area (Å²) in [7, 11) is 1.55. The van der Waals surface area contributed by atoms with E-state index in [0.717, 1.165) is 6.07 Å². The number of hydrogen-bond acceptors (Lipinski definition) is 5. The monoisotopic (exact) mass is 299 g/mol. The molecule has 6 nitrogen and oxygen atoms in total. The number of para-hydroxylation sites is 1. The number of pyridine rings is 1. The van der Waals surface area contributed by atoms with Crippen molar-refractivity contribution in [3.63, 3.8) is 0 Å². The Morgan fingerprint density at radius 2 is 2.00 bits per heavy atom. The van der Waals surface area contributed by atoms with Gasteiger partial charge in [-0.2, -0.15) is 0 Å². The molecule has 0 spiro atoms. The van der Waals surface area contributed by atoms with Gasteiger partial charge in [0.2, 0.25) is 0 Å². The van der Waals surface area contributed by atoms with E-state index in [1.807, 2.05) is 0 Å². The molecule has 0 saturated carbocycles. The van der Waals surface area contributed by atoms with E-state index >= 15 is 0 Å². The molecule has 0 aliphatic carbocycles. The van der Waals surface area contributed by atoms with E-state index in [-0.39, 0.29) is 17.6 Å². The van der Waals surface area contributed by atoms with Gasteiger partial charge in [-0.3, -0.25) is 4.79 Å². The topological polar surface area (TPSA) is 78.5 Å². The van der Waals surface area contributed by atoms with Crippen molar-refractivity contribution in [2.75, 3.05) is 6.61 Å². The summed E-state index contributed by atoms with van der Waals surface area (Å²) in [6, 6.07) is 7.96. The third-order valence-electron chi connectivity index (χ3n) is 3.48. The van der Waals surface area contributed by atoms with E-state index in [4.69, 9.17) is 9.15 Å². The van der Waals surface area contributed by atoms with Gasteiger partial charge in [-0.05, 0) is 19.1 Å². The minimum absolute atomic E-state index is 0.0549. The maximum Gasteiger partial charge on any atom is 0.346 e. The van der Waals surface area contributed by atoms with E-state index in [0.29, 0.717) is 16.5 Å². The van der Waals surface area contributed by atoms with Gasteiger partial charge < -0.3 is 13.7 Å². The van der Waals surface area contributed by atoms with Crippen LogP contribution in [-0.2, 0) is 11.8 Å². The Labute approximate surface area is 124 Å². The number of fused-ring (bicyclic) bond motifs is 3. The maximum atomic E-state index is 12.3. The summed E-state index contributed by atoms with van der Waals surface area (Å²) in [5, 5.41) is 0.641. The number of carbonyl (C=O) groups excluding carboxylic acids is 1. The molecule has 0 N–H and O–H groups in total. The van der Waals surface area contributed by atoms with Crippen LogP contribution in [0, 0.1) is 0 Å². The molecule has 1 aromatic carbocycles. The molecule has 6 heteroatoms. The second-order valence-corrected chi connectivity index (χ2v) is 4.79. The van der Waals surface area contributed by atoms with Crippen molar-refractivity contribution in [2.45, 2.75) is 6.92 Å². The van der Waals surface area contributed by atoms with Crippen molar-refractivity contribution in [3.8, 4) is 0 Å². The SMILES string of the molecule is CCOC(=O)c1cc(=O)n(C)c2c1c(=O)oc1ccccc12. The van der Waals surface area contributed by atoms with Gasteiger partial charge in [0.25, 0.3) is 5.56 Å². The van der Waals surface area contributed by atoms with Crippen LogP contribution in [0.3, 0.4) is 0 Å². The van der Waals surface area contributed by atoms with Crippen LogP contribution in [0.5, 0.6) is 0 Å². The number of nitrogens with zero attached hydrogens (tertiary/aromatic N) is 1. The lowest BCUT2D eigenvalue weighted by Crippen LogP contribution is -2.23. The smallest absolute Gasteiger partial charge is 0.346 e. The van der Waals surface area contributed by atoms with Crippen molar-refractivity contribution in [1.29, 1.82) is 0 Å². The summed E-state index contributed by atoms with van der Waals surface area (Å²) in [5.41, 5.74) is -0.420. The Kier molecular flexibility index (Phi) is 3.29. The van der Waals surface area contributed by atoms with E-state index < -0.39 is 17.2 Å². The summed E-state index contributed by atoms with van der Waals surface area (Å²) >= 11 is 0. The third kappa shape index (κ3) is 2.00. The van der Waals surface area contributed by atoms with Gasteiger partial charge >= 0.3 is 11.6 Å². The zero-order valence-electron chi connectivity index (χ0n) is 12.1. The molecular formula is C16H13NO5. The van der Waals surface area contributed by atoms with Crippen LogP contribution in [-0.4, -0.2) is 17.1 Å². The average Bonchev–Trinajstić information content (AvgIpc) is 2.50. The Morgan fingerprint density at radius 1 is 1.27 bits per heavy atom. The Morgan fingerprint density at radius 3 is 2.73 bits per heavy atom. The van der Waals surface area contributed by atoms with Gasteiger partial charge in [-0.1, -0.05) is 12.1 Å². The van der Waals surface area contributed by atoms with Crippen molar-refractivity contribution >= 4 is 27.8 Å². The first-order valence-corrected chi connectivity index (χ1v) is 6.77. The number of aromatic nitrogens is 1. The standard InChI is InChI=1S/C16H13NO5/c1-3-21-15(19)10-8-12(18)17(2)14-9-6-4-5-7-11(9)22-16(20)13(10)14/h4-8H,3H2,1-2H3. The highest BCUT2D eigenvalue weighted by Gasteiger charge is 2.20. The fraction of sp³-hybridized carbons (Fsp3) is 0.188. The Hall–Kier alpha value is -2.89. The predicted octanol–water partition coefficient (Wildman–Crippen LogP) is 1.82. The quantitative estimate of drug-likeness (QED) is 0.410. The number of ether oxygens (including phenoxy) is 1. The summed E-state index contributed by atoms with van der Waals surface area (Å²) in [4.78, 5) is 36.5. The number of rotatable bonds is 2. The second kappa shape index (κ2) is 5.14.